The number of carbonyl (C=O) groups is 3. The zero-order chi connectivity index (χ0) is 19.0. The van der Waals surface area contributed by atoms with Crippen molar-refractivity contribution in [1.29, 1.82) is 0 Å². The molecular formula is C15H14N4O7. The summed E-state index contributed by atoms with van der Waals surface area (Å²) in [5.74, 6) is -3.34. The van der Waals surface area contributed by atoms with E-state index in [4.69, 9.17) is 9.47 Å². The number of nitrogens with zero attached hydrogens (tertiary/aromatic N) is 3. The number of nitro groups is 1. The molecule has 0 bridgehead atoms. The molecule has 2 heterocycles. The summed E-state index contributed by atoms with van der Waals surface area (Å²) < 4.78 is 9.78. The lowest BCUT2D eigenvalue weighted by Gasteiger charge is -2.16. The lowest BCUT2D eigenvalue weighted by Crippen LogP contribution is -2.36. The standard InChI is InChI=1S/C15H14N4O7/c1-3-26-15(22)12-10-11(16-17-12)14(21)18(13(10)20)8-5-4-7(25-2)6-9(8)19(23)24/h4-6,10-11,16H,3H2,1-2H3/t10-,11+/m1/s1. The number of anilines is 1. The number of fused-ring (bicyclic) bond motifs is 1. The van der Waals surface area contributed by atoms with Gasteiger partial charge in [0.15, 0.2) is 5.71 Å². The summed E-state index contributed by atoms with van der Waals surface area (Å²) in [4.78, 5) is 48.6. The number of hydrogen-bond donors (Lipinski definition) is 1. The van der Waals surface area contributed by atoms with E-state index >= 15 is 0 Å². The molecule has 136 valence electrons. The first-order valence-corrected chi connectivity index (χ1v) is 7.61. The molecule has 0 aliphatic carbocycles. The fourth-order valence-electron chi connectivity index (χ4n) is 2.87. The van der Waals surface area contributed by atoms with Crippen LogP contribution in [0, 0.1) is 16.0 Å². The van der Waals surface area contributed by atoms with E-state index < -0.39 is 40.4 Å². The van der Waals surface area contributed by atoms with Crippen molar-refractivity contribution in [2.75, 3.05) is 18.6 Å². The Labute approximate surface area is 146 Å². The van der Waals surface area contributed by atoms with Gasteiger partial charge in [0, 0.05) is 0 Å². The van der Waals surface area contributed by atoms with Crippen molar-refractivity contribution in [2.24, 2.45) is 11.0 Å². The quantitative estimate of drug-likeness (QED) is 0.333. The molecule has 26 heavy (non-hydrogen) atoms. The Morgan fingerprint density at radius 2 is 2.12 bits per heavy atom. The second-order valence-electron chi connectivity index (χ2n) is 5.43. The Bertz CT molecular complexity index is 850. The van der Waals surface area contributed by atoms with E-state index in [2.05, 4.69) is 10.5 Å². The van der Waals surface area contributed by atoms with E-state index in [9.17, 15) is 24.5 Å². The number of amides is 2. The predicted molar refractivity (Wildman–Crippen MR) is 86.6 cm³/mol. The Hall–Kier alpha value is -3.50. The molecule has 2 aliphatic rings. The summed E-state index contributed by atoms with van der Waals surface area (Å²) in [5, 5.41) is 15.1. The molecule has 2 amide bonds. The summed E-state index contributed by atoms with van der Waals surface area (Å²) in [6.07, 6.45) is 0. The largest absolute Gasteiger partial charge is 0.496 e. The minimum atomic E-state index is -1.19. The maximum Gasteiger partial charge on any atom is 0.355 e. The molecule has 0 aromatic heterocycles. The van der Waals surface area contributed by atoms with Crippen molar-refractivity contribution in [3.8, 4) is 5.75 Å². The topological polar surface area (TPSA) is 140 Å². The molecule has 1 N–H and O–H groups in total. The van der Waals surface area contributed by atoms with E-state index in [0.29, 0.717) is 4.90 Å². The average Bonchev–Trinajstić information content (AvgIpc) is 3.15. The van der Waals surface area contributed by atoms with Crippen LogP contribution in [0.5, 0.6) is 5.75 Å². The number of hydrazone groups is 1. The number of ether oxygens (including phenoxy) is 2. The minimum absolute atomic E-state index is 0.0744. The lowest BCUT2D eigenvalue weighted by atomic mass is 9.99. The van der Waals surface area contributed by atoms with Crippen LogP contribution in [0.25, 0.3) is 0 Å². The second kappa shape index (κ2) is 6.43. The summed E-state index contributed by atoms with van der Waals surface area (Å²) >= 11 is 0. The molecule has 1 aromatic rings. The minimum Gasteiger partial charge on any atom is -0.496 e. The Balaban J connectivity index is 2.00. The van der Waals surface area contributed by atoms with Gasteiger partial charge in [0.05, 0.1) is 24.7 Å². The van der Waals surface area contributed by atoms with Gasteiger partial charge in [0.2, 0.25) is 5.91 Å². The van der Waals surface area contributed by atoms with E-state index in [1.807, 2.05) is 0 Å². The molecule has 0 unspecified atom stereocenters. The molecule has 2 aliphatic heterocycles. The summed E-state index contributed by atoms with van der Waals surface area (Å²) in [7, 11) is 1.33. The Morgan fingerprint density at radius 1 is 1.38 bits per heavy atom. The molecule has 1 saturated heterocycles. The summed E-state index contributed by atoms with van der Waals surface area (Å²) in [5.41, 5.74) is 1.54. The SMILES string of the molecule is CCOC(=O)C1=NN[C@@H]2C(=O)N(c3ccc(OC)cc3[N+](=O)[O-])C(=O)[C@@H]12. The van der Waals surface area contributed by atoms with Crippen LogP contribution < -0.4 is 15.1 Å². The van der Waals surface area contributed by atoms with Crippen molar-refractivity contribution in [3.63, 3.8) is 0 Å². The van der Waals surface area contributed by atoms with Crippen molar-refractivity contribution in [2.45, 2.75) is 13.0 Å². The molecule has 11 heteroatoms. The van der Waals surface area contributed by atoms with Crippen LogP contribution in [0.3, 0.4) is 0 Å². The van der Waals surface area contributed by atoms with Gasteiger partial charge in [-0.25, -0.2) is 9.69 Å². The second-order valence-corrected chi connectivity index (χ2v) is 5.43. The molecule has 2 atom stereocenters. The van der Waals surface area contributed by atoms with Gasteiger partial charge in [-0.15, -0.1) is 0 Å². The first-order chi connectivity index (χ1) is 12.4. The predicted octanol–water partition coefficient (Wildman–Crippen LogP) is -0.0163. The van der Waals surface area contributed by atoms with Crippen LogP contribution in [0.2, 0.25) is 0 Å². The van der Waals surface area contributed by atoms with E-state index in [1.165, 1.54) is 19.2 Å². The van der Waals surface area contributed by atoms with Gasteiger partial charge in [0.25, 0.3) is 11.6 Å². The molecule has 11 nitrogen and oxygen atoms in total. The number of nitro benzene ring substituents is 1. The maximum absolute atomic E-state index is 12.8. The number of methoxy groups -OCH3 is 1. The highest BCUT2D eigenvalue weighted by Crippen LogP contribution is 2.37. The van der Waals surface area contributed by atoms with Gasteiger partial charge >= 0.3 is 5.97 Å². The summed E-state index contributed by atoms with van der Waals surface area (Å²) in [6.45, 7) is 1.66. The zero-order valence-electron chi connectivity index (χ0n) is 13.8. The molecule has 0 saturated carbocycles. The number of benzene rings is 1. The zero-order valence-corrected chi connectivity index (χ0v) is 13.8. The smallest absolute Gasteiger partial charge is 0.355 e. The molecule has 0 spiro atoms. The number of carbonyl (C=O) groups excluding carboxylic acids is 3. The van der Waals surface area contributed by atoms with Crippen molar-refractivity contribution >= 4 is 34.9 Å². The number of nitrogens with one attached hydrogen (secondary N) is 1. The molecular weight excluding hydrogens is 348 g/mol. The van der Waals surface area contributed by atoms with Gasteiger partial charge in [-0.1, -0.05) is 0 Å². The van der Waals surface area contributed by atoms with Crippen LogP contribution >= 0.6 is 0 Å². The number of esters is 1. The third-order valence-corrected chi connectivity index (χ3v) is 4.03. The fourth-order valence-corrected chi connectivity index (χ4v) is 2.87. The van der Waals surface area contributed by atoms with Crippen LogP contribution in [0.4, 0.5) is 11.4 Å². The van der Waals surface area contributed by atoms with Crippen LogP contribution in [0.1, 0.15) is 6.92 Å². The van der Waals surface area contributed by atoms with E-state index in [-0.39, 0.29) is 23.8 Å². The Kier molecular flexibility index (Phi) is 4.28. The number of rotatable bonds is 5. The highest BCUT2D eigenvalue weighted by atomic mass is 16.6. The average molecular weight is 362 g/mol. The maximum atomic E-state index is 12.8. The first kappa shape index (κ1) is 17.3. The van der Waals surface area contributed by atoms with E-state index in [0.717, 1.165) is 6.07 Å². The summed E-state index contributed by atoms with van der Waals surface area (Å²) in [6, 6.07) is 2.64. The van der Waals surface area contributed by atoms with Gasteiger partial charge in [-0.3, -0.25) is 25.1 Å². The molecule has 0 radical (unpaired) electrons. The lowest BCUT2D eigenvalue weighted by molar-refractivity contribution is -0.384. The number of imide groups is 1. The van der Waals surface area contributed by atoms with Gasteiger partial charge in [-0.05, 0) is 19.1 Å². The molecule has 3 rings (SSSR count). The van der Waals surface area contributed by atoms with Crippen molar-refractivity contribution in [1.82, 2.24) is 5.43 Å². The van der Waals surface area contributed by atoms with Crippen LogP contribution in [-0.4, -0.2) is 48.2 Å². The fraction of sp³-hybridized carbons (Fsp3) is 0.333. The Morgan fingerprint density at radius 3 is 2.73 bits per heavy atom. The van der Waals surface area contributed by atoms with Gasteiger partial charge in [0.1, 0.15) is 23.4 Å². The van der Waals surface area contributed by atoms with Gasteiger partial charge < -0.3 is 9.47 Å². The monoisotopic (exact) mass is 362 g/mol. The third kappa shape index (κ3) is 2.53. The van der Waals surface area contributed by atoms with Crippen LogP contribution in [-0.2, 0) is 19.1 Å². The highest BCUT2D eigenvalue weighted by Gasteiger charge is 2.56. The first-order valence-electron chi connectivity index (χ1n) is 7.61. The van der Waals surface area contributed by atoms with Gasteiger partial charge in [-0.2, -0.15) is 5.10 Å². The van der Waals surface area contributed by atoms with E-state index in [1.54, 1.807) is 6.92 Å². The third-order valence-electron chi connectivity index (χ3n) is 4.03. The van der Waals surface area contributed by atoms with Crippen LogP contribution in [0.15, 0.2) is 23.3 Å². The number of hydrogen-bond acceptors (Lipinski definition) is 9. The van der Waals surface area contributed by atoms with Crippen molar-refractivity contribution in [3.05, 3.63) is 28.3 Å². The molecule has 1 aromatic carbocycles. The normalized spacial score (nSPS) is 21.2. The highest BCUT2D eigenvalue weighted by molar-refractivity contribution is 6.46. The molecule has 1 fully saturated rings. The van der Waals surface area contributed by atoms with Crippen molar-refractivity contribution < 1.29 is 28.8 Å².